The van der Waals surface area contributed by atoms with Gasteiger partial charge in [0, 0.05) is 32.6 Å². The van der Waals surface area contributed by atoms with E-state index in [-0.39, 0.29) is 23.5 Å². The summed E-state index contributed by atoms with van der Waals surface area (Å²) in [7, 11) is -3.45. The fourth-order valence-corrected chi connectivity index (χ4v) is 4.88. The molecule has 9 heteroatoms. The molecule has 0 spiro atoms. The molecule has 0 atom stereocenters. The molecule has 0 aliphatic carbocycles. The maximum atomic E-state index is 12.7. The lowest BCUT2D eigenvalue weighted by Gasteiger charge is -2.31. The molecule has 0 saturated carbocycles. The Morgan fingerprint density at radius 1 is 1.03 bits per heavy atom. The first-order valence-corrected chi connectivity index (χ1v) is 11.5. The van der Waals surface area contributed by atoms with Crippen LogP contribution >= 0.6 is 0 Å². The molecule has 3 rings (SSSR count). The Morgan fingerprint density at radius 2 is 1.77 bits per heavy atom. The van der Waals surface area contributed by atoms with Crippen LogP contribution in [0.5, 0.6) is 0 Å². The molecule has 1 aromatic carbocycles. The summed E-state index contributed by atoms with van der Waals surface area (Å²) in [6.07, 6.45) is 3.72. The normalized spacial score (nSPS) is 15.6. The van der Waals surface area contributed by atoms with E-state index < -0.39 is 10.0 Å². The highest BCUT2D eigenvalue weighted by atomic mass is 32.2. The van der Waals surface area contributed by atoms with Gasteiger partial charge in [0.05, 0.1) is 11.2 Å². The van der Waals surface area contributed by atoms with E-state index in [1.807, 2.05) is 0 Å². The van der Waals surface area contributed by atoms with Gasteiger partial charge in [-0.1, -0.05) is 18.2 Å². The van der Waals surface area contributed by atoms with Gasteiger partial charge in [-0.15, -0.1) is 0 Å². The Hall–Kier alpha value is -2.65. The van der Waals surface area contributed by atoms with Gasteiger partial charge in [-0.3, -0.25) is 9.59 Å². The molecule has 2 aromatic rings. The van der Waals surface area contributed by atoms with Crippen LogP contribution in [0.4, 0.5) is 0 Å². The van der Waals surface area contributed by atoms with Gasteiger partial charge >= 0.3 is 0 Å². The van der Waals surface area contributed by atoms with E-state index in [2.05, 4.69) is 10.6 Å². The van der Waals surface area contributed by atoms with Crippen molar-refractivity contribution in [3.63, 3.8) is 0 Å². The second kappa shape index (κ2) is 10.4. The van der Waals surface area contributed by atoms with Crippen LogP contribution in [0.3, 0.4) is 0 Å². The zero-order chi connectivity index (χ0) is 21.4. The smallest absolute Gasteiger partial charge is 0.286 e. The number of nitrogens with zero attached hydrogens (tertiary/aromatic N) is 1. The molecule has 1 fully saturated rings. The molecule has 1 aromatic heterocycles. The molecule has 162 valence electrons. The highest BCUT2D eigenvalue weighted by Gasteiger charge is 2.29. The average molecular weight is 434 g/mol. The van der Waals surface area contributed by atoms with Crippen molar-refractivity contribution in [2.24, 2.45) is 5.92 Å². The number of piperidine rings is 1. The molecule has 1 aliphatic rings. The largest absolute Gasteiger partial charge is 0.459 e. The summed E-state index contributed by atoms with van der Waals surface area (Å²) in [5.41, 5.74) is 0. The van der Waals surface area contributed by atoms with Gasteiger partial charge in [0.15, 0.2) is 5.76 Å². The topological polar surface area (TPSA) is 109 Å². The highest BCUT2D eigenvalue weighted by Crippen LogP contribution is 2.23. The zero-order valence-electron chi connectivity index (χ0n) is 16.7. The van der Waals surface area contributed by atoms with Crippen LogP contribution < -0.4 is 10.6 Å². The summed E-state index contributed by atoms with van der Waals surface area (Å²) >= 11 is 0. The number of furan rings is 1. The Bertz CT molecular complexity index is 921. The Kier molecular flexibility index (Phi) is 7.64. The van der Waals surface area contributed by atoms with Gasteiger partial charge in [0.25, 0.3) is 5.91 Å². The number of amides is 2. The number of rotatable bonds is 9. The fourth-order valence-electron chi connectivity index (χ4n) is 3.39. The molecule has 30 heavy (non-hydrogen) atoms. The molecule has 1 saturated heterocycles. The van der Waals surface area contributed by atoms with Crippen LogP contribution in [-0.2, 0) is 14.8 Å². The van der Waals surface area contributed by atoms with Crippen molar-refractivity contribution in [3.8, 4) is 0 Å². The summed E-state index contributed by atoms with van der Waals surface area (Å²) in [5.74, 6) is 0.147. The number of hydrogen-bond donors (Lipinski definition) is 2. The maximum Gasteiger partial charge on any atom is 0.286 e. The molecule has 0 unspecified atom stereocenters. The summed E-state index contributed by atoms with van der Waals surface area (Å²) < 4.78 is 31.8. The van der Waals surface area contributed by atoms with E-state index in [4.69, 9.17) is 4.42 Å². The first kappa shape index (κ1) is 22.0. The second-order valence-corrected chi connectivity index (χ2v) is 9.24. The van der Waals surface area contributed by atoms with E-state index in [0.717, 1.165) is 0 Å². The first-order chi connectivity index (χ1) is 14.5. The van der Waals surface area contributed by atoms with Crippen LogP contribution in [0.25, 0.3) is 0 Å². The molecular formula is C21H27N3O5S. The third kappa shape index (κ3) is 5.93. The maximum absolute atomic E-state index is 12.7. The summed E-state index contributed by atoms with van der Waals surface area (Å²) in [4.78, 5) is 24.1. The van der Waals surface area contributed by atoms with Crippen molar-refractivity contribution in [1.29, 1.82) is 0 Å². The number of sulfonamides is 1. The number of nitrogens with one attached hydrogen (secondary N) is 2. The third-order valence-corrected chi connectivity index (χ3v) is 7.07. The van der Waals surface area contributed by atoms with Crippen molar-refractivity contribution in [2.75, 3.05) is 26.2 Å². The summed E-state index contributed by atoms with van der Waals surface area (Å²) in [5, 5.41) is 5.62. The molecular weight excluding hydrogens is 406 g/mol. The van der Waals surface area contributed by atoms with E-state index in [1.165, 1.54) is 10.6 Å². The van der Waals surface area contributed by atoms with Gasteiger partial charge in [0.2, 0.25) is 15.9 Å². The average Bonchev–Trinajstić information content (AvgIpc) is 3.31. The van der Waals surface area contributed by atoms with E-state index >= 15 is 0 Å². The van der Waals surface area contributed by atoms with Crippen molar-refractivity contribution >= 4 is 21.8 Å². The monoisotopic (exact) mass is 433 g/mol. The van der Waals surface area contributed by atoms with Gasteiger partial charge in [0.1, 0.15) is 0 Å². The lowest BCUT2D eigenvalue weighted by atomic mass is 9.98. The van der Waals surface area contributed by atoms with Crippen LogP contribution in [0.2, 0.25) is 0 Å². The van der Waals surface area contributed by atoms with Crippen LogP contribution in [-0.4, -0.2) is 50.7 Å². The van der Waals surface area contributed by atoms with Crippen LogP contribution in [0, 0.1) is 5.92 Å². The standard InChI is InChI=1S/C21H27N3O5S/c25-20(9-4-12-22-21(26)19-8-5-15-29-19)23-16-17-10-13-24(14-11-17)30(27,28)18-6-2-1-3-7-18/h1-3,5-8,15,17H,4,9-14,16H2,(H,22,26)(H,23,25). The van der Waals surface area contributed by atoms with Crippen molar-refractivity contribution in [3.05, 3.63) is 54.5 Å². The highest BCUT2D eigenvalue weighted by molar-refractivity contribution is 7.89. The number of hydrogen-bond acceptors (Lipinski definition) is 5. The predicted molar refractivity (Wildman–Crippen MR) is 111 cm³/mol. The third-order valence-electron chi connectivity index (χ3n) is 5.15. The predicted octanol–water partition coefficient (Wildman–Crippen LogP) is 2.01. The van der Waals surface area contributed by atoms with Crippen LogP contribution in [0.1, 0.15) is 36.2 Å². The minimum Gasteiger partial charge on any atom is -0.459 e. The minimum atomic E-state index is -3.45. The van der Waals surface area contributed by atoms with Crippen molar-refractivity contribution < 1.29 is 22.4 Å². The molecule has 2 amide bonds. The lowest BCUT2D eigenvalue weighted by molar-refractivity contribution is -0.121. The molecule has 2 heterocycles. The first-order valence-electron chi connectivity index (χ1n) is 10.1. The zero-order valence-corrected chi connectivity index (χ0v) is 17.6. The minimum absolute atomic E-state index is 0.0680. The Balaban J connectivity index is 1.31. The fraction of sp³-hybridized carbons (Fsp3) is 0.429. The number of benzene rings is 1. The SMILES string of the molecule is O=C(CCCNC(=O)c1ccco1)NCC1CCN(S(=O)(=O)c2ccccc2)CC1. The van der Waals surface area contributed by atoms with E-state index in [1.54, 1.807) is 42.5 Å². The van der Waals surface area contributed by atoms with E-state index in [9.17, 15) is 18.0 Å². The van der Waals surface area contributed by atoms with Crippen molar-refractivity contribution in [1.82, 2.24) is 14.9 Å². The Morgan fingerprint density at radius 3 is 2.43 bits per heavy atom. The van der Waals surface area contributed by atoms with Gasteiger partial charge in [-0.05, 0) is 49.4 Å². The second-order valence-electron chi connectivity index (χ2n) is 7.30. The van der Waals surface area contributed by atoms with Crippen molar-refractivity contribution in [2.45, 2.75) is 30.6 Å². The van der Waals surface area contributed by atoms with E-state index in [0.29, 0.717) is 56.8 Å². The molecule has 2 N–H and O–H groups in total. The summed E-state index contributed by atoms with van der Waals surface area (Å²) in [6, 6.07) is 11.7. The molecule has 0 bridgehead atoms. The quantitative estimate of drug-likeness (QED) is 0.588. The van der Waals surface area contributed by atoms with Gasteiger partial charge < -0.3 is 15.1 Å². The molecule has 8 nitrogen and oxygen atoms in total. The number of carbonyl (C=O) groups is 2. The van der Waals surface area contributed by atoms with Gasteiger partial charge in [-0.2, -0.15) is 4.31 Å². The molecule has 0 radical (unpaired) electrons. The lowest BCUT2D eigenvalue weighted by Crippen LogP contribution is -2.41. The Labute approximate surface area is 176 Å². The molecule has 1 aliphatic heterocycles. The van der Waals surface area contributed by atoms with Gasteiger partial charge in [-0.25, -0.2) is 8.42 Å². The number of carbonyl (C=O) groups excluding carboxylic acids is 2. The summed E-state index contributed by atoms with van der Waals surface area (Å²) in [6.45, 7) is 1.84. The van der Waals surface area contributed by atoms with Crippen LogP contribution in [0.15, 0.2) is 58.0 Å².